The number of carboxylic acid groups (broad SMARTS) is 1. The molecule has 0 spiro atoms. The third-order valence-electron chi connectivity index (χ3n) is 4.25. The van der Waals surface area contributed by atoms with Gasteiger partial charge in [-0.3, -0.25) is 19.2 Å². The zero-order chi connectivity index (χ0) is 23.6. The molecular weight excluding hydrogens is 490 g/mol. The van der Waals surface area contributed by atoms with Gasteiger partial charge in [0.1, 0.15) is 15.2 Å². The van der Waals surface area contributed by atoms with Gasteiger partial charge >= 0.3 is 12.1 Å². The van der Waals surface area contributed by atoms with Crippen molar-refractivity contribution < 1.29 is 32.3 Å². The van der Waals surface area contributed by atoms with Gasteiger partial charge in [-0.05, 0) is 36.8 Å². The van der Waals surface area contributed by atoms with Crippen LogP contribution in [-0.4, -0.2) is 42.5 Å². The van der Waals surface area contributed by atoms with Crippen molar-refractivity contribution >= 4 is 58.0 Å². The molecule has 0 unspecified atom stereocenters. The summed E-state index contributed by atoms with van der Waals surface area (Å²) in [5, 5.41) is 12.5. The van der Waals surface area contributed by atoms with E-state index in [0.29, 0.717) is 4.90 Å². The number of thiocarbonyl (C=S) groups is 1. The quantitative estimate of drug-likeness (QED) is 0.329. The van der Waals surface area contributed by atoms with Crippen LogP contribution < -0.4 is 0 Å². The Morgan fingerprint density at radius 1 is 1.31 bits per heavy atom. The van der Waals surface area contributed by atoms with E-state index in [1.165, 1.54) is 36.2 Å². The topological polar surface area (TPSA) is 75.4 Å². The number of hydrogen-bond donors (Lipinski definition) is 1. The first kappa shape index (κ1) is 24.3. The number of carbonyl (C=O) groups excluding carboxylic acids is 1. The highest BCUT2D eigenvalue weighted by atomic mass is 32.2. The molecule has 32 heavy (non-hydrogen) atoms. The summed E-state index contributed by atoms with van der Waals surface area (Å²) in [6, 6.07) is 5.22. The molecule has 13 heteroatoms. The molecule has 1 aromatic carbocycles. The predicted molar refractivity (Wildman–Crippen MR) is 115 cm³/mol. The molecule has 2 heterocycles. The molecule has 0 bridgehead atoms. The fourth-order valence-corrected chi connectivity index (χ4v) is 5.04. The Morgan fingerprint density at radius 3 is 2.56 bits per heavy atom. The van der Waals surface area contributed by atoms with Crippen molar-refractivity contribution in [1.29, 1.82) is 0 Å². The van der Waals surface area contributed by atoms with Gasteiger partial charge in [0, 0.05) is 30.5 Å². The average Bonchev–Trinajstić information content (AvgIpc) is 3.15. The first-order valence-electron chi connectivity index (χ1n) is 9.02. The highest BCUT2D eigenvalue weighted by molar-refractivity contribution is 8.26. The van der Waals surface area contributed by atoms with E-state index >= 15 is 0 Å². The summed E-state index contributed by atoms with van der Waals surface area (Å²) < 4.78 is 55.3. The standard InChI is InChI=1S/C19H15F4N3O3S3/c1-25-17(31-11-6-4-10(20)5-7-11)12(15(24-25)19(21,22)23)9-13-16(29)26(18(30)32-13)8-2-3-14(27)28/h4-7,9H,2-3,8H2,1H3,(H,27,28). The molecule has 0 aliphatic carbocycles. The third kappa shape index (κ3) is 5.51. The average molecular weight is 506 g/mol. The summed E-state index contributed by atoms with van der Waals surface area (Å²) in [4.78, 5) is 25.0. The van der Waals surface area contributed by atoms with E-state index in [9.17, 15) is 27.2 Å². The highest BCUT2D eigenvalue weighted by Gasteiger charge is 2.40. The largest absolute Gasteiger partial charge is 0.481 e. The summed E-state index contributed by atoms with van der Waals surface area (Å²) in [7, 11) is 1.34. The molecule has 1 aromatic heterocycles. The molecule has 6 nitrogen and oxygen atoms in total. The van der Waals surface area contributed by atoms with Crippen molar-refractivity contribution in [2.75, 3.05) is 6.54 Å². The highest BCUT2D eigenvalue weighted by Crippen LogP contribution is 2.41. The SMILES string of the molecule is Cn1nc(C(F)(F)F)c(C=C2SC(=S)N(CCCC(=O)O)C2=O)c1Sc1ccc(F)cc1. The van der Waals surface area contributed by atoms with Gasteiger partial charge in [0.25, 0.3) is 5.91 Å². The minimum absolute atomic E-state index is 0.0234. The second-order valence-electron chi connectivity index (χ2n) is 6.58. The number of benzene rings is 1. The molecule has 1 amide bonds. The lowest BCUT2D eigenvalue weighted by Gasteiger charge is -2.13. The Bertz CT molecular complexity index is 1100. The third-order valence-corrected chi connectivity index (χ3v) is 6.81. The number of hydrogen-bond acceptors (Lipinski definition) is 6. The molecule has 1 aliphatic heterocycles. The summed E-state index contributed by atoms with van der Waals surface area (Å²) in [5.74, 6) is -2.11. The van der Waals surface area contributed by atoms with Crippen LogP contribution in [0.25, 0.3) is 6.08 Å². The summed E-state index contributed by atoms with van der Waals surface area (Å²) in [6.45, 7) is 0.0463. The molecule has 0 radical (unpaired) electrons. The fourth-order valence-electron chi connectivity index (χ4n) is 2.81. The molecule has 1 saturated heterocycles. The Balaban J connectivity index is 1.97. The monoisotopic (exact) mass is 505 g/mol. The number of aromatic nitrogens is 2. The fraction of sp³-hybridized carbons (Fsp3) is 0.263. The van der Waals surface area contributed by atoms with Crippen molar-refractivity contribution in [2.45, 2.75) is 28.9 Å². The molecule has 1 fully saturated rings. The van der Waals surface area contributed by atoms with Gasteiger partial charge in [-0.2, -0.15) is 18.3 Å². The number of alkyl halides is 3. The van der Waals surface area contributed by atoms with Crippen LogP contribution >= 0.6 is 35.7 Å². The van der Waals surface area contributed by atoms with Gasteiger partial charge in [0.15, 0.2) is 5.69 Å². The summed E-state index contributed by atoms with van der Waals surface area (Å²) in [5.41, 5.74) is -1.47. The summed E-state index contributed by atoms with van der Waals surface area (Å²) in [6.07, 6.45) is -3.70. The predicted octanol–water partition coefficient (Wildman–Crippen LogP) is 4.80. The Kier molecular flexibility index (Phi) is 7.30. The molecule has 2 aromatic rings. The maximum atomic E-state index is 13.7. The second-order valence-corrected chi connectivity index (χ2v) is 9.31. The molecule has 0 atom stereocenters. The maximum absolute atomic E-state index is 13.7. The van der Waals surface area contributed by atoms with Crippen LogP contribution in [0, 0.1) is 5.82 Å². The van der Waals surface area contributed by atoms with Gasteiger partial charge in [-0.25, -0.2) is 4.39 Å². The van der Waals surface area contributed by atoms with Crippen LogP contribution in [0.1, 0.15) is 24.1 Å². The maximum Gasteiger partial charge on any atom is 0.435 e. The first-order valence-corrected chi connectivity index (χ1v) is 11.1. The van der Waals surface area contributed by atoms with E-state index < -0.39 is 29.6 Å². The van der Waals surface area contributed by atoms with Crippen molar-refractivity contribution in [2.24, 2.45) is 7.05 Å². The lowest BCUT2D eigenvalue weighted by molar-refractivity contribution is -0.141. The first-order chi connectivity index (χ1) is 15.0. The number of aryl methyl sites for hydroxylation is 1. The van der Waals surface area contributed by atoms with Crippen LogP contribution in [-0.2, 0) is 22.8 Å². The smallest absolute Gasteiger partial charge is 0.435 e. The van der Waals surface area contributed by atoms with E-state index in [-0.39, 0.29) is 39.2 Å². The lowest BCUT2D eigenvalue weighted by atomic mass is 10.2. The van der Waals surface area contributed by atoms with E-state index in [1.807, 2.05) is 0 Å². The van der Waals surface area contributed by atoms with Gasteiger partial charge in [-0.15, -0.1) is 0 Å². The van der Waals surface area contributed by atoms with Gasteiger partial charge in [0.2, 0.25) is 0 Å². The number of thioether (sulfide) groups is 1. The molecule has 3 rings (SSSR count). The number of carbonyl (C=O) groups is 2. The van der Waals surface area contributed by atoms with Crippen LogP contribution in [0.2, 0.25) is 0 Å². The van der Waals surface area contributed by atoms with E-state index in [1.54, 1.807) is 0 Å². The Morgan fingerprint density at radius 2 is 1.97 bits per heavy atom. The van der Waals surface area contributed by atoms with Crippen molar-refractivity contribution in [3.05, 3.63) is 46.2 Å². The van der Waals surface area contributed by atoms with Crippen molar-refractivity contribution in [3.8, 4) is 0 Å². The normalized spacial score (nSPS) is 15.8. The van der Waals surface area contributed by atoms with E-state index in [0.717, 1.165) is 34.3 Å². The van der Waals surface area contributed by atoms with Gasteiger partial charge in [-0.1, -0.05) is 35.7 Å². The number of amides is 1. The number of aliphatic carboxylic acids is 1. The summed E-state index contributed by atoms with van der Waals surface area (Å²) >= 11 is 6.93. The zero-order valence-electron chi connectivity index (χ0n) is 16.4. The lowest BCUT2D eigenvalue weighted by Crippen LogP contribution is -2.29. The second kappa shape index (κ2) is 9.63. The molecule has 170 valence electrons. The number of nitrogens with zero attached hydrogens (tertiary/aromatic N) is 3. The number of rotatable bonds is 7. The van der Waals surface area contributed by atoms with Crippen molar-refractivity contribution in [1.82, 2.24) is 14.7 Å². The van der Waals surface area contributed by atoms with Gasteiger partial charge in [0.05, 0.1) is 4.91 Å². The Labute approximate surface area is 193 Å². The van der Waals surface area contributed by atoms with E-state index in [2.05, 4.69) is 5.10 Å². The van der Waals surface area contributed by atoms with Gasteiger partial charge < -0.3 is 5.11 Å². The van der Waals surface area contributed by atoms with E-state index in [4.69, 9.17) is 17.3 Å². The molecule has 0 saturated carbocycles. The van der Waals surface area contributed by atoms with Crippen LogP contribution in [0.15, 0.2) is 39.1 Å². The number of carboxylic acids is 1. The zero-order valence-corrected chi connectivity index (χ0v) is 18.8. The molecule has 1 aliphatic rings. The minimum atomic E-state index is -4.78. The van der Waals surface area contributed by atoms with Crippen LogP contribution in [0.5, 0.6) is 0 Å². The molecule has 1 N–H and O–H groups in total. The minimum Gasteiger partial charge on any atom is -0.481 e. The Hall–Kier alpha value is -2.38. The van der Waals surface area contributed by atoms with Crippen LogP contribution in [0.3, 0.4) is 0 Å². The van der Waals surface area contributed by atoms with Crippen molar-refractivity contribution in [3.63, 3.8) is 0 Å². The van der Waals surface area contributed by atoms with Crippen LogP contribution in [0.4, 0.5) is 17.6 Å². The number of halogens is 4. The molecular formula is C19H15F4N3O3S3.